The number of carboxylic acids is 1. The van der Waals surface area contributed by atoms with Crippen molar-refractivity contribution in [1.82, 2.24) is 4.57 Å². The van der Waals surface area contributed by atoms with Crippen LogP contribution in [0.25, 0.3) is 11.3 Å². The zero-order chi connectivity index (χ0) is 19.7. The molecule has 0 saturated carbocycles. The molecule has 0 saturated heterocycles. The van der Waals surface area contributed by atoms with Gasteiger partial charge in [0.15, 0.2) is 5.43 Å². The van der Waals surface area contributed by atoms with E-state index in [1.165, 1.54) is 12.3 Å². The zero-order valence-electron chi connectivity index (χ0n) is 15.8. The number of carboxylic acid groups (broad SMARTS) is 1. The van der Waals surface area contributed by atoms with E-state index in [9.17, 15) is 14.7 Å². The Hall–Kier alpha value is -2.27. The first-order valence-corrected chi connectivity index (χ1v) is 9.46. The lowest BCUT2D eigenvalue weighted by atomic mass is 9.77. The van der Waals surface area contributed by atoms with Crippen molar-refractivity contribution < 1.29 is 14.6 Å². The van der Waals surface area contributed by atoms with Crippen molar-refractivity contribution in [3.63, 3.8) is 0 Å². The maximum atomic E-state index is 12.4. The van der Waals surface area contributed by atoms with E-state index in [1.807, 2.05) is 17.6 Å². The number of carbonyl (C=O) groups is 1. The van der Waals surface area contributed by atoms with Crippen molar-refractivity contribution >= 4 is 17.6 Å². The minimum Gasteiger partial charge on any atom is -0.489 e. The van der Waals surface area contributed by atoms with E-state index < -0.39 is 11.4 Å². The van der Waals surface area contributed by atoms with Gasteiger partial charge in [-0.3, -0.25) is 4.79 Å². The SMILES string of the molecule is CC1Cc2c3c(cc(Cl)c2O1)-c1cc(=O)c(C(=O)O)cn1C(C(C)(C)C)C3. The minimum absolute atomic E-state index is 0.0138. The lowest BCUT2D eigenvalue weighted by Crippen LogP contribution is -2.33. The van der Waals surface area contributed by atoms with Crippen molar-refractivity contribution in [3.8, 4) is 17.0 Å². The third kappa shape index (κ3) is 2.76. The number of rotatable bonds is 1. The zero-order valence-corrected chi connectivity index (χ0v) is 16.6. The van der Waals surface area contributed by atoms with E-state index in [0.29, 0.717) is 5.02 Å². The smallest absolute Gasteiger partial charge is 0.341 e. The van der Waals surface area contributed by atoms with Gasteiger partial charge in [-0.25, -0.2) is 4.79 Å². The van der Waals surface area contributed by atoms with Crippen molar-refractivity contribution in [2.24, 2.45) is 5.41 Å². The molecule has 0 aliphatic carbocycles. The molecular formula is C21H22ClNO4. The summed E-state index contributed by atoms with van der Waals surface area (Å²) >= 11 is 6.48. The summed E-state index contributed by atoms with van der Waals surface area (Å²) < 4.78 is 7.85. The summed E-state index contributed by atoms with van der Waals surface area (Å²) in [4.78, 5) is 23.9. The summed E-state index contributed by atoms with van der Waals surface area (Å²) in [6, 6.07) is 3.29. The van der Waals surface area contributed by atoms with Crippen LogP contribution in [-0.4, -0.2) is 21.7 Å². The van der Waals surface area contributed by atoms with Crippen molar-refractivity contribution in [2.75, 3.05) is 0 Å². The van der Waals surface area contributed by atoms with E-state index in [1.54, 1.807) is 0 Å². The molecule has 4 rings (SSSR count). The standard InChI is InChI=1S/C21H22ClNO4/c1-10-5-13-11-7-18(21(2,3)4)23-9-14(20(25)26)17(24)8-16(23)12(11)6-15(22)19(13)27-10/h6,8-10,18H,5,7H2,1-4H3,(H,25,26). The number of benzene rings is 1. The Bertz CT molecular complexity index is 1030. The molecular weight excluding hydrogens is 366 g/mol. The Kier molecular flexibility index (Phi) is 3.93. The predicted octanol–water partition coefficient (Wildman–Crippen LogP) is 4.33. The van der Waals surface area contributed by atoms with Gasteiger partial charge >= 0.3 is 5.97 Å². The van der Waals surface area contributed by atoms with Gasteiger partial charge in [-0.15, -0.1) is 0 Å². The number of aromatic carboxylic acids is 1. The summed E-state index contributed by atoms with van der Waals surface area (Å²) in [6.07, 6.45) is 3.07. The molecule has 1 N–H and O–H groups in total. The number of fused-ring (bicyclic) bond motifs is 5. The molecule has 2 atom stereocenters. The molecule has 2 aromatic rings. The molecule has 6 heteroatoms. The third-order valence-electron chi connectivity index (χ3n) is 5.58. The number of hydrogen-bond acceptors (Lipinski definition) is 3. The van der Waals surface area contributed by atoms with Crippen LogP contribution in [0, 0.1) is 5.41 Å². The highest BCUT2D eigenvalue weighted by atomic mass is 35.5. The summed E-state index contributed by atoms with van der Waals surface area (Å²) in [5.74, 6) is -0.462. The van der Waals surface area contributed by atoms with Gasteiger partial charge in [0.1, 0.15) is 17.4 Å². The Morgan fingerprint density at radius 3 is 2.59 bits per heavy atom. The second-order valence-corrected chi connectivity index (χ2v) is 8.97. The monoisotopic (exact) mass is 387 g/mol. The maximum absolute atomic E-state index is 12.4. The molecule has 2 aliphatic rings. The molecule has 0 radical (unpaired) electrons. The van der Waals surface area contributed by atoms with Crippen molar-refractivity contribution in [1.29, 1.82) is 0 Å². The number of halogens is 1. The van der Waals surface area contributed by atoms with Gasteiger partial charge in [0.05, 0.1) is 10.7 Å². The number of ether oxygens (including phenoxy) is 1. The first kappa shape index (κ1) is 18.1. The number of pyridine rings is 1. The average molecular weight is 388 g/mol. The van der Waals surface area contributed by atoms with Gasteiger partial charge in [0.25, 0.3) is 0 Å². The molecule has 0 spiro atoms. The Balaban J connectivity index is 2.04. The van der Waals surface area contributed by atoms with Gasteiger partial charge in [-0.2, -0.15) is 0 Å². The summed E-state index contributed by atoms with van der Waals surface area (Å²) in [6.45, 7) is 8.39. The molecule has 2 aliphatic heterocycles. The van der Waals surface area contributed by atoms with Crippen LogP contribution < -0.4 is 10.2 Å². The number of nitrogens with zero attached hydrogens (tertiary/aromatic N) is 1. The lowest BCUT2D eigenvalue weighted by molar-refractivity contribution is 0.0693. The van der Waals surface area contributed by atoms with Gasteiger partial charge in [0.2, 0.25) is 0 Å². The van der Waals surface area contributed by atoms with Crippen molar-refractivity contribution in [2.45, 2.75) is 52.7 Å². The van der Waals surface area contributed by atoms with E-state index >= 15 is 0 Å². The van der Waals surface area contributed by atoms with Crippen LogP contribution in [0.3, 0.4) is 0 Å². The van der Waals surface area contributed by atoms with E-state index in [2.05, 4.69) is 20.8 Å². The maximum Gasteiger partial charge on any atom is 0.341 e. The molecule has 5 nitrogen and oxygen atoms in total. The minimum atomic E-state index is -1.21. The van der Waals surface area contributed by atoms with E-state index in [0.717, 1.165) is 41.0 Å². The van der Waals surface area contributed by atoms with Crippen LogP contribution in [-0.2, 0) is 12.8 Å². The molecule has 142 valence electrons. The van der Waals surface area contributed by atoms with Crippen LogP contribution >= 0.6 is 11.6 Å². The van der Waals surface area contributed by atoms with Crippen molar-refractivity contribution in [3.05, 3.63) is 50.3 Å². The molecule has 0 amide bonds. The van der Waals surface area contributed by atoms with E-state index in [4.69, 9.17) is 16.3 Å². The predicted molar refractivity (Wildman–Crippen MR) is 104 cm³/mol. The molecule has 0 fully saturated rings. The summed E-state index contributed by atoms with van der Waals surface area (Å²) in [7, 11) is 0. The summed E-state index contributed by atoms with van der Waals surface area (Å²) in [5.41, 5.74) is 3.05. The third-order valence-corrected chi connectivity index (χ3v) is 5.86. The lowest BCUT2D eigenvalue weighted by Gasteiger charge is -2.39. The van der Waals surface area contributed by atoms with Crippen LogP contribution in [0.1, 0.15) is 55.2 Å². The number of hydrogen-bond donors (Lipinski definition) is 1. The highest BCUT2D eigenvalue weighted by molar-refractivity contribution is 6.32. The second kappa shape index (κ2) is 5.86. The second-order valence-electron chi connectivity index (χ2n) is 8.56. The molecule has 2 unspecified atom stereocenters. The van der Waals surface area contributed by atoms with Gasteiger partial charge < -0.3 is 14.4 Å². The molecule has 1 aromatic heterocycles. The van der Waals surface area contributed by atoms with Gasteiger partial charge in [-0.1, -0.05) is 32.4 Å². The Morgan fingerprint density at radius 2 is 1.96 bits per heavy atom. The molecule has 1 aromatic carbocycles. The fourth-order valence-corrected chi connectivity index (χ4v) is 4.53. The first-order valence-electron chi connectivity index (χ1n) is 9.08. The van der Waals surface area contributed by atoms with Crippen LogP contribution in [0.2, 0.25) is 5.02 Å². The van der Waals surface area contributed by atoms with E-state index in [-0.39, 0.29) is 23.1 Å². The van der Waals surface area contributed by atoms with Crippen LogP contribution in [0.5, 0.6) is 5.75 Å². The molecule has 27 heavy (non-hydrogen) atoms. The fraction of sp³-hybridized carbons (Fsp3) is 0.429. The summed E-state index contributed by atoms with van der Waals surface area (Å²) in [5, 5.41) is 9.93. The fourth-order valence-electron chi connectivity index (χ4n) is 4.26. The Labute approximate surface area is 162 Å². The largest absolute Gasteiger partial charge is 0.489 e. The normalized spacial score (nSPS) is 20.5. The highest BCUT2D eigenvalue weighted by Crippen LogP contribution is 2.49. The Morgan fingerprint density at radius 1 is 1.26 bits per heavy atom. The van der Waals surface area contributed by atoms with Crippen LogP contribution in [0.15, 0.2) is 23.1 Å². The van der Waals surface area contributed by atoms with Gasteiger partial charge in [0, 0.05) is 35.9 Å². The molecule has 0 bridgehead atoms. The van der Waals surface area contributed by atoms with Crippen LogP contribution in [0.4, 0.5) is 0 Å². The highest BCUT2D eigenvalue weighted by Gasteiger charge is 2.37. The quantitative estimate of drug-likeness (QED) is 0.790. The molecule has 3 heterocycles. The average Bonchev–Trinajstić information content (AvgIpc) is 2.95. The first-order chi connectivity index (χ1) is 12.6. The number of aromatic nitrogens is 1. The van der Waals surface area contributed by atoms with Gasteiger partial charge in [-0.05, 0) is 30.4 Å². The topological polar surface area (TPSA) is 68.5 Å².